The van der Waals surface area contributed by atoms with E-state index in [-0.39, 0.29) is 5.69 Å². The van der Waals surface area contributed by atoms with E-state index in [1.165, 1.54) is 12.5 Å². The molecule has 114 valence electrons. The summed E-state index contributed by atoms with van der Waals surface area (Å²) in [5.41, 5.74) is 5.69. The first-order chi connectivity index (χ1) is 9.38. The van der Waals surface area contributed by atoms with Gasteiger partial charge in [0.2, 0.25) is 0 Å². The second-order valence-electron chi connectivity index (χ2n) is 5.10. The molecule has 1 atom stereocenters. The third-order valence-corrected chi connectivity index (χ3v) is 3.50. The minimum Gasteiger partial charge on any atom is -0.397 e. The van der Waals surface area contributed by atoms with E-state index in [9.17, 15) is 13.2 Å². The Morgan fingerprint density at radius 1 is 1.25 bits per heavy atom. The lowest BCUT2D eigenvalue weighted by Gasteiger charge is -2.18. The SMILES string of the molecule is CCCCC(CC)CNc1ccc(C(F)(F)F)cc1N. The molecule has 0 amide bonds. The van der Waals surface area contributed by atoms with E-state index in [0.29, 0.717) is 11.6 Å². The molecule has 0 saturated carbocycles. The van der Waals surface area contributed by atoms with Crippen LogP contribution >= 0.6 is 0 Å². The summed E-state index contributed by atoms with van der Waals surface area (Å²) in [6.07, 6.45) is 0.148. The molecule has 0 aliphatic heterocycles. The summed E-state index contributed by atoms with van der Waals surface area (Å²) in [7, 11) is 0. The van der Waals surface area contributed by atoms with Crippen molar-refractivity contribution in [2.45, 2.75) is 45.7 Å². The number of nitrogens with two attached hydrogens (primary N) is 1. The molecule has 0 radical (unpaired) electrons. The molecule has 1 aromatic carbocycles. The molecule has 20 heavy (non-hydrogen) atoms. The van der Waals surface area contributed by atoms with Crippen molar-refractivity contribution >= 4 is 11.4 Å². The normalized spacial score (nSPS) is 13.2. The molecule has 0 saturated heterocycles. The number of nitrogen functional groups attached to an aromatic ring is 1. The molecular weight excluding hydrogens is 265 g/mol. The molecule has 2 nitrogen and oxygen atoms in total. The van der Waals surface area contributed by atoms with Gasteiger partial charge in [0, 0.05) is 6.54 Å². The molecule has 0 spiro atoms. The minimum absolute atomic E-state index is 0.144. The number of benzene rings is 1. The van der Waals surface area contributed by atoms with Crippen LogP contribution in [0.4, 0.5) is 24.5 Å². The Labute approximate surface area is 118 Å². The zero-order valence-electron chi connectivity index (χ0n) is 12.1. The Morgan fingerprint density at radius 3 is 2.45 bits per heavy atom. The van der Waals surface area contributed by atoms with Crippen molar-refractivity contribution in [3.05, 3.63) is 23.8 Å². The lowest BCUT2D eigenvalue weighted by Crippen LogP contribution is -2.15. The Hall–Kier alpha value is -1.39. The van der Waals surface area contributed by atoms with Gasteiger partial charge < -0.3 is 11.1 Å². The summed E-state index contributed by atoms with van der Waals surface area (Å²) < 4.78 is 37.6. The Kier molecular flexibility index (Phi) is 6.17. The van der Waals surface area contributed by atoms with Crippen molar-refractivity contribution in [2.24, 2.45) is 5.92 Å². The van der Waals surface area contributed by atoms with Crippen LogP contribution in [0, 0.1) is 5.92 Å². The zero-order valence-corrected chi connectivity index (χ0v) is 12.1. The van der Waals surface area contributed by atoms with Crippen molar-refractivity contribution in [1.29, 1.82) is 0 Å². The molecule has 0 bridgehead atoms. The summed E-state index contributed by atoms with van der Waals surface area (Å²) in [6.45, 7) is 5.01. The van der Waals surface area contributed by atoms with Crippen molar-refractivity contribution in [3.8, 4) is 0 Å². The van der Waals surface area contributed by atoms with Gasteiger partial charge in [0.25, 0.3) is 0 Å². The minimum atomic E-state index is -4.35. The highest BCUT2D eigenvalue weighted by Gasteiger charge is 2.30. The van der Waals surface area contributed by atoms with Gasteiger partial charge in [-0.05, 0) is 30.5 Å². The van der Waals surface area contributed by atoms with Gasteiger partial charge in [0.1, 0.15) is 0 Å². The van der Waals surface area contributed by atoms with Crippen molar-refractivity contribution in [1.82, 2.24) is 0 Å². The fourth-order valence-electron chi connectivity index (χ4n) is 2.10. The molecule has 5 heteroatoms. The maximum absolute atomic E-state index is 12.5. The van der Waals surface area contributed by atoms with Crippen LogP contribution in [0.25, 0.3) is 0 Å². The largest absolute Gasteiger partial charge is 0.416 e. The molecule has 0 fully saturated rings. The quantitative estimate of drug-likeness (QED) is 0.699. The molecule has 1 unspecified atom stereocenters. The van der Waals surface area contributed by atoms with E-state index in [2.05, 4.69) is 19.2 Å². The van der Waals surface area contributed by atoms with Crippen molar-refractivity contribution in [3.63, 3.8) is 0 Å². The lowest BCUT2D eigenvalue weighted by atomic mass is 9.99. The maximum atomic E-state index is 12.5. The smallest absolute Gasteiger partial charge is 0.397 e. The number of halogens is 3. The molecule has 1 rings (SSSR count). The van der Waals surface area contributed by atoms with Gasteiger partial charge in [-0.1, -0.05) is 33.1 Å². The summed E-state index contributed by atoms with van der Waals surface area (Å²) in [5.74, 6) is 0.525. The van der Waals surface area contributed by atoms with Gasteiger partial charge in [0.05, 0.1) is 16.9 Å². The molecule has 0 heterocycles. The third kappa shape index (κ3) is 4.94. The van der Waals surface area contributed by atoms with Crippen LogP contribution in [0.2, 0.25) is 0 Å². The van der Waals surface area contributed by atoms with Gasteiger partial charge in [-0.3, -0.25) is 0 Å². The van der Waals surface area contributed by atoms with Crippen molar-refractivity contribution in [2.75, 3.05) is 17.6 Å². The predicted octanol–water partition coefficient (Wildman–Crippen LogP) is 4.92. The average Bonchev–Trinajstić information content (AvgIpc) is 2.39. The van der Waals surface area contributed by atoms with Crippen LogP contribution in [0.1, 0.15) is 45.1 Å². The zero-order chi connectivity index (χ0) is 15.2. The Morgan fingerprint density at radius 2 is 1.95 bits per heavy atom. The van der Waals surface area contributed by atoms with E-state index in [1.54, 1.807) is 0 Å². The second kappa shape index (κ2) is 7.41. The average molecular weight is 288 g/mol. The Balaban J connectivity index is 2.64. The first kappa shape index (κ1) is 16.7. The summed E-state index contributed by atoms with van der Waals surface area (Å²) in [6, 6.07) is 3.45. The van der Waals surface area contributed by atoms with Gasteiger partial charge >= 0.3 is 6.18 Å². The van der Waals surface area contributed by atoms with Gasteiger partial charge in [-0.15, -0.1) is 0 Å². The summed E-state index contributed by atoms with van der Waals surface area (Å²) in [5, 5.41) is 3.16. The first-order valence-electron chi connectivity index (χ1n) is 7.09. The first-order valence-corrected chi connectivity index (χ1v) is 7.09. The number of rotatable bonds is 7. The van der Waals surface area contributed by atoms with Gasteiger partial charge in [-0.25, -0.2) is 0 Å². The van der Waals surface area contributed by atoms with Gasteiger partial charge in [-0.2, -0.15) is 13.2 Å². The highest BCUT2D eigenvalue weighted by molar-refractivity contribution is 5.67. The summed E-state index contributed by atoms with van der Waals surface area (Å²) in [4.78, 5) is 0. The monoisotopic (exact) mass is 288 g/mol. The topological polar surface area (TPSA) is 38.0 Å². The van der Waals surface area contributed by atoms with Crippen molar-refractivity contribution < 1.29 is 13.2 Å². The van der Waals surface area contributed by atoms with E-state index >= 15 is 0 Å². The molecular formula is C15H23F3N2. The van der Waals surface area contributed by atoms with Gasteiger partial charge in [0.15, 0.2) is 0 Å². The van der Waals surface area contributed by atoms with Crippen LogP contribution < -0.4 is 11.1 Å². The fourth-order valence-corrected chi connectivity index (χ4v) is 2.10. The lowest BCUT2D eigenvalue weighted by molar-refractivity contribution is -0.137. The molecule has 3 N–H and O–H groups in total. The van der Waals surface area contributed by atoms with E-state index < -0.39 is 11.7 Å². The molecule has 1 aromatic rings. The highest BCUT2D eigenvalue weighted by atomic mass is 19.4. The van der Waals surface area contributed by atoms with Crippen LogP contribution in [0.5, 0.6) is 0 Å². The van der Waals surface area contributed by atoms with Crippen LogP contribution in [0.15, 0.2) is 18.2 Å². The number of alkyl halides is 3. The fraction of sp³-hybridized carbons (Fsp3) is 0.600. The van der Waals surface area contributed by atoms with E-state index in [0.717, 1.165) is 37.9 Å². The third-order valence-electron chi connectivity index (χ3n) is 3.50. The number of hydrogen-bond donors (Lipinski definition) is 2. The van der Waals surface area contributed by atoms with Crippen LogP contribution in [-0.4, -0.2) is 6.54 Å². The number of nitrogens with one attached hydrogen (secondary N) is 1. The standard InChI is InChI=1S/C15H23F3N2/c1-3-5-6-11(4-2)10-20-14-8-7-12(9-13(14)19)15(16,17)18/h7-9,11,20H,3-6,10,19H2,1-2H3. The van der Waals surface area contributed by atoms with E-state index in [1.807, 2.05) is 0 Å². The Bertz CT molecular complexity index is 416. The maximum Gasteiger partial charge on any atom is 0.416 e. The number of anilines is 2. The summed E-state index contributed by atoms with van der Waals surface area (Å²) >= 11 is 0. The van der Waals surface area contributed by atoms with Crippen LogP contribution in [0.3, 0.4) is 0 Å². The molecule has 0 aliphatic rings. The molecule has 0 aliphatic carbocycles. The van der Waals surface area contributed by atoms with Crippen LogP contribution in [-0.2, 0) is 6.18 Å². The van der Waals surface area contributed by atoms with E-state index in [4.69, 9.17) is 5.73 Å². The number of hydrogen-bond acceptors (Lipinski definition) is 2. The number of unbranched alkanes of at least 4 members (excludes halogenated alkanes) is 1. The highest BCUT2D eigenvalue weighted by Crippen LogP contribution is 2.32. The molecule has 0 aromatic heterocycles. The predicted molar refractivity (Wildman–Crippen MR) is 77.7 cm³/mol. The second-order valence-corrected chi connectivity index (χ2v) is 5.10.